The quantitative estimate of drug-likeness (QED) is 0.779. The van der Waals surface area contributed by atoms with Crippen LogP contribution in [0.5, 0.6) is 5.75 Å². The Morgan fingerprint density at radius 3 is 2.57 bits per heavy atom. The van der Waals surface area contributed by atoms with E-state index >= 15 is 0 Å². The minimum atomic E-state index is -0.800. The number of carbonyl (C=O) groups is 1. The first-order valence-corrected chi connectivity index (χ1v) is 7.20. The number of benzene rings is 2. The molecule has 0 bridgehead atoms. The molecule has 0 heterocycles. The maximum Gasteiger partial charge on any atom is 0.184 e. The van der Waals surface area contributed by atoms with Crippen LogP contribution >= 0.6 is 15.9 Å². The van der Waals surface area contributed by atoms with E-state index in [1.807, 2.05) is 31.2 Å². The van der Waals surface area contributed by atoms with Gasteiger partial charge < -0.3 is 4.74 Å². The lowest BCUT2D eigenvalue weighted by Gasteiger charge is -2.12. The number of aryl methyl sites for hydroxylation is 1. The highest BCUT2D eigenvalue weighted by atomic mass is 79.9. The van der Waals surface area contributed by atoms with E-state index in [-0.39, 0.29) is 5.78 Å². The number of methoxy groups -OCH3 is 1. The van der Waals surface area contributed by atoms with Crippen molar-refractivity contribution in [3.05, 3.63) is 63.6 Å². The smallest absolute Gasteiger partial charge is 0.184 e. The van der Waals surface area contributed by atoms with Crippen molar-refractivity contribution >= 4 is 21.7 Å². The third-order valence-corrected chi connectivity index (χ3v) is 3.95. The number of hydrogen-bond acceptors (Lipinski definition) is 3. The standard InChI is InChI=1S/C17H14BrNO2/c1-11-5-3-4-6-13(11)14(10-19)17(20)12-7-8-16(21-2)15(18)9-12/h3-9,14H,1-2H3. The van der Waals surface area contributed by atoms with E-state index in [0.717, 1.165) is 11.1 Å². The van der Waals surface area contributed by atoms with Crippen molar-refractivity contribution in [1.82, 2.24) is 0 Å². The highest BCUT2D eigenvalue weighted by molar-refractivity contribution is 9.10. The highest BCUT2D eigenvalue weighted by Crippen LogP contribution is 2.29. The topological polar surface area (TPSA) is 50.1 Å². The van der Waals surface area contributed by atoms with Gasteiger partial charge in [0.2, 0.25) is 0 Å². The van der Waals surface area contributed by atoms with Crippen molar-refractivity contribution in [2.24, 2.45) is 0 Å². The molecular formula is C17H14BrNO2. The Balaban J connectivity index is 2.40. The fourth-order valence-electron chi connectivity index (χ4n) is 2.17. The zero-order valence-corrected chi connectivity index (χ0v) is 13.3. The summed E-state index contributed by atoms with van der Waals surface area (Å²) < 4.78 is 5.84. The summed E-state index contributed by atoms with van der Waals surface area (Å²) in [6.07, 6.45) is 0. The van der Waals surface area contributed by atoms with Gasteiger partial charge in [-0.15, -0.1) is 0 Å². The molecule has 0 amide bonds. The molecular weight excluding hydrogens is 330 g/mol. The molecule has 1 atom stereocenters. The first-order chi connectivity index (χ1) is 10.1. The van der Waals surface area contributed by atoms with Crippen LogP contribution in [0.15, 0.2) is 46.9 Å². The van der Waals surface area contributed by atoms with Crippen LogP contribution in [0.1, 0.15) is 27.4 Å². The van der Waals surface area contributed by atoms with Crippen LogP contribution in [0.25, 0.3) is 0 Å². The van der Waals surface area contributed by atoms with Gasteiger partial charge in [0.15, 0.2) is 5.78 Å². The van der Waals surface area contributed by atoms with Gasteiger partial charge in [-0.05, 0) is 52.2 Å². The van der Waals surface area contributed by atoms with Gasteiger partial charge in [-0.3, -0.25) is 4.79 Å². The average Bonchev–Trinajstić information content (AvgIpc) is 2.49. The molecule has 3 nitrogen and oxygen atoms in total. The molecule has 0 saturated carbocycles. The Morgan fingerprint density at radius 2 is 2.00 bits per heavy atom. The van der Waals surface area contributed by atoms with Crippen LogP contribution in [0.3, 0.4) is 0 Å². The zero-order chi connectivity index (χ0) is 15.4. The molecule has 1 unspecified atom stereocenters. The van der Waals surface area contributed by atoms with Crippen LogP contribution in [0.2, 0.25) is 0 Å². The average molecular weight is 344 g/mol. The molecule has 0 fully saturated rings. The normalized spacial score (nSPS) is 11.5. The van der Waals surface area contributed by atoms with E-state index in [0.29, 0.717) is 15.8 Å². The molecule has 0 aromatic heterocycles. The summed E-state index contributed by atoms with van der Waals surface area (Å²) in [5, 5.41) is 9.40. The van der Waals surface area contributed by atoms with E-state index < -0.39 is 5.92 Å². The van der Waals surface area contributed by atoms with E-state index in [4.69, 9.17) is 4.74 Å². The summed E-state index contributed by atoms with van der Waals surface area (Å²) in [6.45, 7) is 1.90. The summed E-state index contributed by atoms with van der Waals surface area (Å²) in [4.78, 5) is 12.6. The molecule has 21 heavy (non-hydrogen) atoms. The third-order valence-electron chi connectivity index (χ3n) is 3.33. The lowest BCUT2D eigenvalue weighted by molar-refractivity contribution is 0.0978. The summed E-state index contributed by atoms with van der Waals surface area (Å²) in [6, 6.07) is 14.6. The zero-order valence-electron chi connectivity index (χ0n) is 11.8. The third kappa shape index (κ3) is 3.14. The Kier molecular flexibility index (Phi) is 4.77. The Hall–Kier alpha value is -2.12. The minimum Gasteiger partial charge on any atom is -0.496 e. The van der Waals surface area contributed by atoms with Crippen molar-refractivity contribution in [2.75, 3.05) is 7.11 Å². The van der Waals surface area contributed by atoms with E-state index in [1.54, 1.807) is 25.3 Å². The monoisotopic (exact) mass is 343 g/mol. The van der Waals surface area contributed by atoms with E-state index in [1.165, 1.54) is 0 Å². The first-order valence-electron chi connectivity index (χ1n) is 6.41. The number of ketones is 1. The van der Waals surface area contributed by atoms with Crippen LogP contribution < -0.4 is 4.74 Å². The van der Waals surface area contributed by atoms with Crippen LogP contribution in [0, 0.1) is 18.3 Å². The van der Waals surface area contributed by atoms with Gasteiger partial charge in [0.05, 0.1) is 17.7 Å². The Morgan fingerprint density at radius 1 is 1.29 bits per heavy atom. The molecule has 2 aromatic carbocycles. The maximum absolute atomic E-state index is 12.6. The number of Topliss-reactive ketones (excluding diaryl/α,β-unsaturated/α-hetero) is 1. The lowest BCUT2D eigenvalue weighted by atomic mass is 9.89. The Labute approximate surface area is 132 Å². The SMILES string of the molecule is COc1ccc(C(=O)C(C#N)c2ccccc2C)cc1Br. The van der Waals surface area contributed by atoms with Crippen molar-refractivity contribution < 1.29 is 9.53 Å². The second-order valence-electron chi connectivity index (χ2n) is 4.63. The number of carbonyl (C=O) groups excluding carboxylic acids is 1. The molecule has 2 rings (SSSR count). The van der Waals surface area contributed by atoms with Crippen LogP contribution in [-0.2, 0) is 0 Å². The number of nitrogens with zero attached hydrogens (tertiary/aromatic N) is 1. The second-order valence-corrected chi connectivity index (χ2v) is 5.49. The van der Waals surface area contributed by atoms with Crippen molar-refractivity contribution in [1.29, 1.82) is 5.26 Å². The van der Waals surface area contributed by atoms with Crippen molar-refractivity contribution in [3.8, 4) is 11.8 Å². The maximum atomic E-state index is 12.6. The highest BCUT2D eigenvalue weighted by Gasteiger charge is 2.23. The number of rotatable bonds is 4. The summed E-state index contributed by atoms with van der Waals surface area (Å²) in [7, 11) is 1.56. The summed E-state index contributed by atoms with van der Waals surface area (Å²) in [5.74, 6) is -0.363. The molecule has 0 saturated heterocycles. The fourth-order valence-corrected chi connectivity index (χ4v) is 2.71. The predicted molar refractivity (Wildman–Crippen MR) is 84.6 cm³/mol. The molecule has 0 aliphatic heterocycles. The largest absolute Gasteiger partial charge is 0.496 e. The van der Waals surface area contributed by atoms with Crippen molar-refractivity contribution in [3.63, 3.8) is 0 Å². The van der Waals surface area contributed by atoms with Gasteiger partial charge in [-0.25, -0.2) is 0 Å². The molecule has 0 aliphatic carbocycles. The number of nitriles is 1. The number of hydrogen-bond donors (Lipinski definition) is 0. The molecule has 0 spiro atoms. The fraction of sp³-hybridized carbons (Fsp3) is 0.176. The lowest BCUT2D eigenvalue weighted by Crippen LogP contribution is -2.12. The second kappa shape index (κ2) is 6.55. The molecule has 0 radical (unpaired) electrons. The molecule has 2 aromatic rings. The van der Waals surface area contributed by atoms with Gasteiger partial charge >= 0.3 is 0 Å². The van der Waals surface area contributed by atoms with Gasteiger partial charge in [0, 0.05) is 5.56 Å². The van der Waals surface area contributed by atoms with Gasteiger partial charge in [-0.1, -0.05) is 24.3 Å². The number of halogens is 1. The van der Waals surface area contributed by atoms with E-state index in [2.05, 4.69) is 22.0 Å². The molecule has 0 aliphatic rings. The van der Waals surface area contributed by atoms with Crippen LogP contribution in [0.4, 0.5) is 0 Å². The summed E-state index contributed by atoms with van der Waals surface area (Å²) >= 11 is 3.36. The summed E-state index contributed by atoms with van der Waals surface area (Å²) in [5.41, 5.74) is 2.17. The molecule has 106 valence electrons. The first kappa shape index (κ1) is 15.3. The minimum absolute atomic E-state index is 0.213. The van der Waals surface area contributed by atoms with Gasteiger partial charge in [0.1, 0.15) is 11.7 Å². The van der Waals surface area contributed by atoms with Gasteiger partial charge in [-0.2, -0.15) is 5.26 Å². The Bertz CT molecular complexity index is 719. The predicted octanol–water partition coefficient (Wildman–Crippen LogP) is 4.26. The molecule has 4 heteroatoms. The van der Waals surface area contributed by atoms with Gasteiger partial charge in [0.25, 0.3) is 0 Å². The van der Waals surface area contributed by atoms with E-state index in [9.17, 15) is 10.1 Å². The van der Waals surface area contributed by atoms with Crippen molar-refractivity contribution in [2.45, 2.75) is 12.8 Å². The van der Waals surface area contributed by atoms with Crippen LogP contribution in [-0.4, -0.2) is 12.9 Å². The molecule has 0 N–H and O–H groups in total. The number of ether oxygens (including phenoxy) is 1.